The highest BCUT2D eigenvalue weighted by Gasteiger charge is 2.17. The first-order valence-corrected chi connectivity index (χ1v) is 6.01. The Morgan fingerprint density at radius 1 is 1.47 bits per heavy atom. The summed E-state index contributed by atoms with van der Waals surface area (Å²) in [6.45, 7) is 5.28. The zero-order chi connectivity index (χ0) is 12.3. The van der Waals surface area contributed by atoms with Crippen LogP contribution in [0.2, 0.25) is 0 Å². The largest absolute Gasteiger partial charge is 0.490 e. The number of benzene rings is 1. The maximum atomic E-state index is 11.0. The second-order valence-corrected chi connectivity index (χ2v) is 4.56. The fourth-order valence-electron chi connectivity index (χ4n) is 2.17. The summed E-state index contributed by atoms with van der Waals surface area (Å²) in [4.78, 5) is 11.0. The van der Waals surface area contributed by atoms with Gasteiger partial charge in [-0.3, -0.25) is 4.79 Å². The summed E-state index contributed by atoms with van der Waals surface area (Å²) in [6.07, 6.45) is 3.18. The van der Waals surface area contributed by atoms with E-state index in [0.717, 1.165) is 36.9 Å². The van der Waals surface area contributed by atoms with Crippen LogP contribution in [-0.4, -0.2) is 25.6 Å². The Labute approximate surface area is 102 Å². The van der Waals surface area contributed by atoms with E-state index in [0.29, 0.717) is 17.9 Å². The van der Waals surface area contributed by atoms with Crippen LogP contribution >= 0.6 is 0 Å². The minimum Gasteiger partial charge on any atom is -0.490 e. The molecular formula is C14H18O3. The molecule has 1 saturated heterocycles. The molecule has 0 N–H and O–H groups in total. The van der Waals surface area contributed by atoms with Crippen molar-refractivity contribution in [1.29, 1.82) is 0 Å². The number of ether oxygens (including phenoxy) is 2. The lowest BCUT2D eigenvalue weighted by molar-refractivity contribution is 0.0674. The van der Waals surface area contributed by atoms with Gasteiger partial charge in [0.05, 0.1) is 11.7 Å². The fraction of sp³-hybridized carbons (Fsp3) is 0.500. The van der Waals surface area contributed by atoms with Gasteiger partial charge in [0.25, 0.3) is 0 Å². The summed E-state index contributed by atoms with van der Waals surface area (Å²) in [5.41, 5.74) is 2.71. The Balaban J connectivity index is 2.10. The van der Waals surface area contributed by atoms with Crippen molar-refractivity contribution in [1.82, 2.24) is 0 Å². The van der Waals surface area contributed by atoms with Gasteiger partial charge >= 0.3 is 0 Å². The first-order chi connectivity index (χ1) is 8.20. The highest BCUT2D eigenvalue weighted by molar-refractivity contribution is 5.81. The Morgan fingerprint density at radius 2 is 2.29 bits per heavy atom. The molecule has 0 unspecified atom stereocenters. The van der Waals surface area contributed by atoms with E-state index in [1.807, 2.05) is 26.0 Å². The maximum Gasteiger partial charge on any atom is 0.154 e. The van der Waals surface area contributed by atoms with E-state index in [2.05, 4.69) is 0 Å². The lowest BCUT2D eigenvalue weighted by atomic mass is 10.1. The molecule has 0 amide bonds. The quantitative estimate of drug-likeness (QED) is 0.751. The van der Waals surface area contributed by atoms with Gasteiger partial charge in [0.15, 0.2) is 6.29 Å². The van der Waals surface area contributed by atoms with Gasteiger partial charge in [-0.05, 0) is 43.9 Å². The van der Waals surface area contributed by atoms with E-state index >= 15 is 0 Å². The Bertz CT molecular complexity index is 406. The van der Waals surface area contributed by atoms with Crippen molar-refractivity contribution in [2.75, 3.05) is 13.2 Å². The summed E-state index contributed by atoms with van der Waals surface area (Å²) < 4.78 is 11.2. The van der Waals surface area contributed by atoms with Crippen molar-refractivity contribution in [3.8, 4) is 5.75 Å². The highest BCUT2D eigenvalue weighted by Crippen LogP contribution is 2.24. The molecule has 0 aliphatic carbocycles. The van der Waals surface area contributed by atoms with Crippen molar-refractivity contribution in [2.45, 2.75) is 32.8 Å². The van der Waals surface area contributed by atoms with Crippen LogP contribution in [-0.2, 0) is 4.74 Å². The van der Waals surface area contributed by atoms with Gasteiger partial charge in [0.1, 0.15) is 12.4 Å². The average Bonchev–Trinajstić information content (AvgIpc) is 2.78. The lowest BCUT2D eigenvalue weighted by Gasteiger charge is -2.14. The Kier molecular flexibility index (Phi) is 3.79. The molecule has 0 spiro atoms. The van der Waals surface area contributed by atoms with Crippen molar-refractivity contribution in [2.24, 2.45) is 0 Å². The monoisotopic (exact) mass is 234 g/mol. The third-order valence-electron chi connectivity index (χ3n) is 3.06. The van der Waals surface area contributed by atoms with Crippen LogP contribution in [0.1, 0.15) is 34.3 Å². The molecule has 3 nitrogen and oxygen atoms in total. The Morgan fingerprint density at radius 3 is 2.94 bits per heavy atom. The molecular weight excluding hydrogens is 216 g/mol. The molecule has 1 heterocycles. The average molecular weight is 234 g/mol. The maximum absolute atomic E-state index is 11.0. The molecule has 0 bridgehead atoms. The summed E-state index contributed by atoms with van der Waals surface area (Å²) in [6, 6.07) is 3.90. The normalized spacial score (nSPS) is 19.3. The van der Waals surface area contributed by atoms with E-state index < -0.39 is 0 Å². The molecule has 1 aromatic carbocycles. The summed E-state index contributed by atoms with van der Waals surface area (Å²) in [5, 5.41) is 0. The van der Waals surface area contributed by atoms with E-state index in [1.54, 1.807) is 0 Å². The van der Waals surface area contributed by atoms with Gasteiger partial charge in [-0.1, -0.05) is 6.07 Å². The minimum atomic E-state index is 0.176. The van der Waals surface area contributed by atoms with Crippen molar-refractivity contribution in [3.05, 3.63) is 28.8 Å². The molecule has 0 aromatic heterocycles. The number of carbonyl (C=O) groups is 1. The molecule has 0 saturated carbocycles. The molecule has 1 aliphatic rings. The van der Waals surface area contributed by atoms with E-state index in [-0.39, 0.29) is 6.10 Å². The van der Waals surface area contributed by atoms with E-state index in [4.69, 9.17) is 9.47 Å². The molecule has 3 heteroatoms. The molecule has 1 fully saturated rings. The van der Waals surface area contributed by atoms with Gasteiger partial charge in [0, 0.05) is 6.61 Å². The van der Waals surface area contributed by atoms with E-state index in [9.17, 15) is 4.79 Å². The van der Waals surface area contributed by atoms with Gasteiger partial charge in [0.2, 0.25) is 0 Å². The minimum absolute atomic E-state index is 0.176. The first-order valence-electron chi connectivity index (χ1n) is 6.01. The molecule has 1 aromatic rings. The molecule has 1 atom stereocenters. The summed E-state index contributed by atoms with van der Waals surface area (Å²) in [5.74, 6) is 0.674. The van der Waals surface area contributed by atoms with Crippen molar-refractivity contribution in [3.63, 3.8) is 0 Å². The van der Waals surface area contributed by atoms with E-state index in [1.165, 1.54) is 0 Å². The smallest absolute Gasteiger partial charge is 0.154 e. The zero-order valence-electron chi connectivity index (χ0n) is 10.4. The second-order valence-electron chi connectivity index (χ2n) is 4.56. The van der Waals surface area contributed by atoms with Crippen LogP contribution in [0.3, 0.4) is 0 Å². The second kappa shape index (κ2) is 5.32. The van der Waals surface area contributed by atoms with Crippen molar-refractivity contribution >= 4 is 6.29 Å². The Hall–Kier alpha value is -1.35. The molecule has 17 heavy (non-hydrogen) atoms. The van der Waals surface area contributed by atoms with Gasteiger partial charge in [-0.15, -0.1) is 0 Å². The number of aldehydes is 1. The molecule has 1 aliphatic heterocycles. The molecule has 92 valence electrons. The van der Waals surface area contributed by atoms with Crippen LogP contribution in [0.15, 0.2) is 12.1 Å². The predicted octanol–water partition coefficient (Wildman–Crippen LogP) is 2.67. The SMILES string of the molecule is Cc1cc(C)c(C=O)c(OC[C@@H]2CCCO2)c1. The highest BCUT2D eigenvalue weighted by atomic mass is 16.5. The van der Waals surface area contributed by atoms with Gasteiger partial charge < -0.3 is 9.47 Å². The lowest BCUT2D eigenvalue weighted by Crippen LogP contribution is -2.17. The van der Waals surface area contributed by atoms with Gasteiger partial charge in [-0.2, -0.15) is 0 Å². The van der Waals surface area contributed by atoms with Crippen LogP contribution in [0.5, 0.6) is 5.75 Å². The topological polar surface area (TPSA) is 35.5 Å². The third-order valence-corrected chi connectivity index (χ3v) is 3.06. The molecule has 0 radical (unpaired) electrons. The standard InChI is InChI=1S/C14H18O3/c1-10-6-11(2)13(8-15)14(7-10)17-9-12-4-3-5-16-12/h6-8,12H,3-5,9H2,1-2H3/t12-/m0/s1. The van der Waals surface area contributed by atoms with Crippen LogP contribution in [0.25, 0.3) is 0 Å². The number of hydrogen-bond donors (Lipinski definition) is 0. The number of hydrogen-bond acceptors (Lipinski definition) is 3. The van der Waals surface area contributed by atoms with Crippen molar-refractivity contribution < 1.29 is 14.3 Å². The predicted molar refractivity (Wildman–Crippen MR) is 65.8 cm³/mol. The van der Waals surface area contributed by atoms with Gasteiger partial charge in [-0.25, -0.2) is 0 Å². The fourth-order valence-corrected chi connectivity index (χ4v) is 2.17. The number of aryl methyl sites for hydroxylation is 2. The number of rotatable bonds is 4. The zero-order valence-corrected chi connectivity index (χ0v) is 10.4. The number of carbonyl (C=O) groups excluding carboxylic acids is 1. The third kappa shape index (κ3) is 2.86. The van der Waals surface area contributed by atoms with Crippen LogP contribution < -0.4 is 4.74 Å². The summed E-state index contributed by atoms with van der Waals surface area (Å²) >= 11 is 0. The molecule has 2 rings (SSSR count). The summed E-state index contributed by atoms with van der Waals surface area (Å²) in [7, 11) is 0. The van der Waals surface area contributed by atoms with Crippen LogP contribution in [0.4, 0.5) is 0 Å². The van der Waals surface area contributed by atoms with Crippen LogP contribution in [0, 0.1) is 13.8 Å². The first kappa shape index (κ1) is 12.1.